The molecular weight excluding hydrogens is 316 g/mol. The van der Waals surface area contributed by atoms with Crippen LogP contribution >= 0.6 is 11.8 Å². The summed E-state index contributed by atoms with van der Waals surface area (Å²) in [5.41, 5.74) is 0. The lowest BCUT2D eigenvalue weighted by Gasteiger charge is -2.31. The van der Waals surface area contributed by atoms with Gasteiger partial charge in [-0.25, -0.2) is 0 Å². The van der Waals surface area contributed by atoms with Crippen molar-refractivity contribution in [3.63, 3.8) is 0 Å². The van der Waals surface area contributed by atoms with Crippen molar-refractivity contribution >= 4 is 27.9 Å². The third-order valence-electron chi connectivity index (χ3n) is 3.38. The zero-order chi connectivity index (χ0) is 15.9. The molecule has 0 spiro atoms. The molecule has 0 saturated carbocycles. The third kappa shape index (κ3) is 5.41. The SMILES string of the molecule is COCCN(C1CCSC1)S(=O)(=O)N(C)CCC(=O)OC. The highest BCUT2D eigenvalue weighted by Gasteiger charge is 2.34. The van der Waals surface area contributed by atoms with Crippen LogP contribution in [-0.4, -0.2) is 81.5 Å². The Morgan fingerprint density at radius 2 is 2.05 bits per heavy atom. The van der Waals surface area contributed by atoms with E-state index in [9.17, 15) is 13.2 Å². The number of carbonyl (C=O) groups is 1. The van der Waals surface area contributed by atoms with E-state index in [4.69, 9.17) is 4.74 Å². The number of esters is 1. The molecule has 1 unspecified atom stereocenters. The van der Waals surface area contributed by atoms with Gasteiger partial charge in [-0.15, -0.1) is 0 Å². The average Bonchev–Trinajstić information content (AvgIpc) is 2.98. The van der Waals surface area contributed by atoms with Gasteiger partial charge in [0, 0.05) is 39.0 Å². The van der Waals surface area contributed by atoms with Crippen LogP contribution in [0.2, 0.25) is 0 Å². The molecule has 0 radical (unpaired) electrons. The molecule has 0 aromatic heterocycles. The predicted molar refractivity (Wildman–Crippen MR) is 82.5 cm³/mol. The summed E-state index contributed by atoms with van der Waals surface area (Å²) in [4.78, 5) is 11.2. The largest absolute Gasteiger partial charge is 0.469 e. The second kappa shape index (κ2) is 8.94. The topological polar surface area (TPSA) is 76.2 Å². The quantitative estimate of drug-likeness (QED) is 0.557. The number of ether oxygens (including phenoxy) is 2. The summed E-state index contributed by atoms with van der Waals surface area (Å²) in [7, 11) is 0.731. The number of methoxy groups -OCH3 is 2. The second-order valence-corrected chi connectivity index (χ2v) is 7.91. The van der Waals surface area contributed by atoms with E-state index in [0.717, 1.165) is 17.9 Å². The van der Waals surface area contributed by atoms with Crippen molar-refractivity contribution in [1.29, 1.82) is 0 Å². The molecule has 1 aliphatic heterocycles. The van der Waals surface area contributed by atoms with E-state index >= 15 is 0 Å². The number of rotatable bonds is 9. The maximum atomic E-state index is 12.7. The first-order valence-electron chi connectivity index (χ1n) is 6.80. The van der Waals surface area contributed by atoms with Crippen LogP contribution in [0.3, 0.4) is 0 Å². The van der Waals surface area contributed by atoms with Gasteiger partial charge in [0.15, 0.2) is 0 Å². The van der Waals surface area contributed by atoms with Gasteiger partial charge in [-0.05, 0) is 12.2 Å². The molecular formula is C12H24N2O5S2. The van der Waals surface area contributed by atoms with E-state index in [1.807, 2.05) is 0 Å². The van der Waals surface area contributed by atoms with E-state index in [1.165, 1.54) is 22.8 Å². The van der Waals surface area contributed by atoms with E-state index in [2.05, 4.69) is 4.74 Å². The normalized spacial score (nSPS) is 19.4. The molecule has 124 valence electrons. The smallest absolute Gasteiger partial charge is 0.306 e. The lowest BCUT2D eigenvalue weighted by atomic mass is 10.3. The van der Waals surface area contributed by atoms with Crippen LogP contribution in [0.5, 0.6) is 0 Å². The van der Waals surface area contributed by atoms with E-state index in [-0.39, 0.29) is 19.0 Å². The minimum absolute atomic E-state index is 0.00396. The number of hydrogen-bond acceptors (Lipinski definition) is 6. The van der Waals surface area contributed by atoms with E-state index < -0.39 is 16.2 Å². The van der Waals surface area contributed by atoms with Crippen molar-refractivity contribution in [1.82, 2.24) is 8.61 Å². The van der Waals surface area contributed by atoms with Crippen LogP contribution in [0.4, 0.5) is 0 Å². The maximum Gasteiger partial charge on any atom is 0.306 e. The van der Waals surface area contributed by atoms with Crippen LogP contribution in [0.1, 0.15) is 12.8 Å². The Balaban J connectivity index is 2.74. The standard InChI is InChI=1S/C12H24N2O5S2/c1-13(6-4-12(15)19-3)21(16,17)14(7-8-18-2)11-5-9-20-10-11/h11H,4-10H2,1-3H3. The molecule has 1 aliphatic rings. The predicted octanol–water partition coefficient (Wildman–Crippen LogP) is 0.180. The highest BCUT2D eigenvalue weighted by Crippen LogP contribution is 2.25. The van der Waals surface area contributed by atoms with Gasteiger partial charge in [0.2, 0.25) is 0 Å². The van der Waals surface area contributed by atoms with Crippen LogP contribution < -0.4 is 0 Å². The van der Waals surface area contributed by atoms with Gasteiger partial charge >= 0.3 is 5.97 Å². The summed E-state index contributed by atoms with van der Waals surface area (Å²) in [6.07, 6.45) is 0.891. The summed E-state index contributed by atoms with van der Waals surface area (Å²) in [5, 5.41) is 0. The molecule has 0 N–H and O–H groups in total. The summed E-state index contributed by atoms with van der Waals surface area (Å²) >= 11 is 1.75. The number of carbonyl (C=O) groups excluding carboxylic acids is 1. The van der Waals surface area contributed by atoms with Crippen LogP contribution in [0.25, 0.3) is 0 Å². The van der Waals surface area contributed by atoms with E-state index in [1.54, 1.807) is 18.9 Å². The first kappa shape index (κ1) is 18.7. The third-order valence-corrected chi connectivity index (χ3v) is 6.57. The van der Waals surface area contributed by atoms with E-state index in [0.29, 0.717) is 13.2 Å². The summed E-state index contributed by atoms with van der Waals surface area (Å²) in [6.45, 7) is 0.788. The average molecular weight is 340 g/mol. The summed E-state index contributed by atoms with van der Waals surface area (Å²) in [6, 6.07) is -0.00396. The maximum absolute atomic E-state index is 12.7. The van der Waals surface area contributed by atoms with Crippen molar-refractivity contribution in [3.8, 4) is 0 Å². The molecule has 1 saturated heterocycles. The van der Waals surface area contributed by atoms with Gasteiger partial charge in [0.1, 0.15) is 0 Å². The van der Waals surface area contributed by atoms with Crippen molar-refractivity contribution in [3.05, 3.63) is 0 Å². The Bertz CT molecular complexity index is 423. The highest BCUT2D eigenvalue weighted by molar-refractivity contribution is 7.99. The molecule has 1 atom stereocenters. The monoisotopic (exact) mass is 340 g/mol. The van der Waals surface area contributed by atoms with Crippen molar-refractivity contribution in [2.24, 2.45) is 0 Å². The van der Waals surface area contributed by atoms with Gasteiger partial charge in [-0.2, -0.15) is 28.8 Å². The van der Waals surface area contributed by atoms with Gasteiger partial charge in [0.05, 0.1) is 20.1 Å². The summed E-state index contributed by atoms with van der Waals surface area (Å²) < 4.78 is 37.6. The number of thioether (sulfide) groups is 1. The fraction of sp³-hybridized carbons (Fsp3) is 0.917. The first-order valence-corrected chi connectivity index (χ1v) is 9.35. The fourth-order valence-electron chi connectivity index (χ4n) is 2.06. The Morgan fingerprint density at radius 1 is 1.33 bits per heavy atom. The molecule has 0 aliphatic carbocycles. The minimum Gasteiger partial charge on any atom is -0.469 e. The Kier molecular flexibility index (Phi) is 7.96. The molecule has 1 rings (SSSR count). The van der Waals surface area contributed by atoms with Crippen molar-refractivity contribution in [2.75, 3.05) is 52.5 Å². The van der Waals surface area contributed by atoms with Crippen LogP contribution in [-0.2, 0) is 24.5 Å². The van der Waals surface area contributed by atoms with Gasteiger partial charge in [0.25, 0.3) is 10.2 Å². The molecule has 7 nitrogen and oxygen atoms in total. The van der Waals surface area contributed by atoms with Gasteiger partial charge < -0.3 is 9.47 Å². The number of nitrogens with zero attached hydrogens (tertiary/aromatic N) is 2. The molecule has 21 heavy (non-hydrogen) atoms. The summed E-state index contributed by atoms with van der Waals surface area (Å²) in [5.74, 6) is 1.35. The Morgan fingerprint density at radius 3 is 2.57 bits per heavy atom. The molecule has 0 aromatic rings. The number of hydrogen-bond donors (Lipinski definition) is 0. The Labute approximate surface area is 131 Å². The second-order valence-electron chi connectivity index (χ2n) is 4.78. The molecule has 0 amide bonds. The molecule has 0 aromatic carbocycles. The highest BCUT2D eigenvalue weighted by atomic mass is 32.2. The zero-order valence-electron chi connectivity index (χ0n) is 12.8. The zero-order valence-corrected chi connectivity index (χ0v) is 14.4. The van der Waals surface area contributed by atoms with Crippen molar-refractivity contribution < 1.29 is 22.7 Å². The molecule has 0 bridgehead atoms. The molecule has 1 fully saturated rings. The fourth-order valence-corrected chi connectivity index (χ4v) is 4.92. The first-order chi connectivity index (χ1) is 9.93. The molecule has 1 heterocycles. The van der Waals surface area contributed by atoms with Gasteiger partial charge in [-0.1, -0.05) is 0 Å². The minimum atomic E-state index is -3.60. The van der Waals surface area contributed by atoms with Gasteiger partial charge in [-0.3, -0.25) is 4.79 Å². The lowest BCUT2D eigenvalue weighted by Crippen LogP contribution is -2.49. The lowest BCUT2D eigenvalue weighted by molar-refractivity contribution is -0.140. The van der Waals surface area contributed by atoms with Crippen LogP contribution in [0.15, 0.2) is 0 Å². The van der Waals surface area contributed by atoms with Crippen LogP contribution in [0, 0.1) is 0 Å². The van der Waals surface area contributed by atoms with Crippen molar-refractivity contribution in [2.45, 2.75) is 18.9 Å². The molecule has 9 heteroatoms. The Hall–Kier alpha value is -0.350.